The number of nitrogens with one attached hydrogen (secondary N) is 2. The fourth-order valence-corrected chi connectivity index (χ4v) is 6.24. The predicted molar refractivity (Wildman–Crippen MR) is 171 cm³/mol. The van der Waals surface area contributed by atoms with Gasteiger partial charge in [-0.05, 0) is 28.8 Å². The summed E-state index contributed by atoms with van der Waals surface area (Å²) >= 11 is 0. The zero-order valence-corrected chi connectivity index (χ0v) is 24.4. The van der Waals surface area contributed by atoms with Crippen LogP contribution in [0.15, 0.2) is 134 Å². The molecule has 1 saturated heterocycles. The summed E-state index contributed by atoms with van der Waals surface area (Å²) in [6, 6.07) is 39.7. The number of aliphatic hydroxyl groups is 1. The Morgan fingerprint density at radius 3 is 1.91 bits per heavy atom. The molecule has 0 radical (unpaired) electrons. The van der Waals surface area contributed by atoms with Crippen LogP contribution in [0.2, 0.25) is 0 Å². The van der Waals surface area contributed by atoms with Gasteiger partial charge in [-0.25, -0.2) is 15.0 Å². The van der Waals surface area contributed by atoms with E-state index in [9.17, 15) is 9.90 Å². The van der Waals surface area contributed by atoms with Crippen molar-refractivity contribution in [1.82, 2.24) is 24.8 Å². The lowest BCUT2D eigenvalue weighted by molar-refractivity contribution is -0.0264. The number of hydrogen-bond donors (Lipinski definition) is 3. The minimum absolute atomic E-state index is 0.178. The van der Waals surface area contributed by atoms with Crippen LogP contribution in [-0.4, -0.2) is 49.3 Å². The lowest BCUT2D eigenvalue weighted by Gasteiger charge is -2.40. The van der Waals surface area contributed by atoms with Gasteiger partial charge in [0, 0.05) is 18.0 Å². The molecule has 3 atom stereocenters. The zero-order valence-electron chi connectivity index (χ0n) is 24.4. The maximum absolute atomic E-state index is 12.9. The van der Waals surface area contributed by atoms with Crippen LogP contribution in [0.25, 0.3) is 11.2 Å². The van der Waals surface area contributed by atoms with Gasteiger partial charge in [-0.1, -0.05) is 109 Å². The molecule has 4 aromatic carbocycles. The number of aromatic nitrogens is 4. The van der Waals surface area contributed by atoms with Crippen molar-refractivity contribution >= 4 is 22.9 Å². The van der Waals surface area contributed by atoms with E-state index in [0.29, 0.717) is 29.0 Å². The predicted octanol–water partition coefficient (Wildman–Crippen LogP) is 5.31. The van der Waals surface area contributed by atoms with E-state index in [-0.39, 0.29) is 18.6 Å². The van der Waals surface area contributed by atoms with Crippen molar-refractivity contribution in [2.24, 2.45) is 0 Å². The highest BCUT2D eigenvalue weighted by Gasteiger charge is 2.44. The number of anilines is 1. The molecule has 0 saturated carbocycles. The Morgan fingerprint density at radius 1 is 0.800 bits per heavy atom. The van der Waals surface area contributed by atoms with Gasteiger partial charge in [0.25, 0.3) is 5.91 Å². The van der Waals surface area contributed by atoms with Crippen LogP contribution < -0.4 is 10.6 Å². The van der Waals surface area contributed by atoms with E-state index < -0.39 is 17.9 Å². The second-order valence-corrected chi connectivity index (χ2v) is 11.0. The topological polar surface area (TPSA) is 114 Å². The molecule has 2 aromatic heterocycles. The molecular formula is C36H32N6O3. The summed E-state index contributed by atoms with van der Waals surface area (Å²) in [5, 5.41) is 17.4. The van der Waals surface area contributed by atoms with E-state index in [0.717, 1.165) is 16.7 Å². The number of hydrogen-bond acceptors (Lipinski definition) is 7. The van der Waals surface area contributed by atoms with Crippen LogP contribution in [0, 0.1) is 0 Å². The molecule has 9 nitrogen and oxygen atoms in total. The smallest absolute Gasteiger partial charge is 0.256 e. The van der Waals surface area contributed by atoms with Crippen LogP contribution in [0.4, 0.5) is 5.82 Å². The highest BCUT2D eigenvalue weighted by atomic mass is 16.5. The molecule has 0 aliphatic carbocycles. The molecule has 1 aliphatic rings. The van der Waals surface area contributed by atoms with Gasteiger partial charge in [0.05, 0.1) is 24.6 Å². The van der Waals surface area contributed by atoms with Crippen molar-refractivity contribution in [1.29, 1.82) is 0 Å². The number of nitrogens with zero attached hydrogens (tertiary/aromatic N) is 4. The fraction of sp³-hybridized carbons (Fsp3) is 0.167. The van der Waals surface area contributed by atoms with Crippen molar-refractivity contribution in [3.8, 4) is 0 Å². The Bertz CT molecular complexity index is 1790. The summed E-state index contributed by atoms with van der Waals surface area (Å²) in [5.41, 5.74) is 3.98. The van der Waals surface area contributed by atoms with E-state index in [1.807, 2.05) is 65.2 Å². The zero-order chi connectivity index (χ0) is 30.6. The summed E-state index contributed by atoms with van der Waals surface area (Å²) in [6.45, 7) is -0.178. The average Bonchev–Trinajstić information content (AvgIpc) is 3.73. The van der Waals surface area contributed by atoms with Gasteiger partial charge in [-0.15, -0.1) is 0 Å². The minimum atomic E-state index is -0.728. The van der Waals surface area contributed by atoms with Crippen molar-refractivity contribution in [2.75, 3.05) is 11.9 Å². The van der Waals surface area contributed by atoms with Crippen molar-refractivity contribution < 1.29 is 14.6 Å². The highest BCUT2D eigenvalue weighted by molar-refractivity contribution is 6.06. The van der Waals surface area contributed by atoms with Gasteiger partial charge >= 0.3 is 0 Å². The number of imidazole rings is 1. The number of rotatable bonds is 9. The minimum Gasteiger partial charge on any atom is -0.394 e. The molecule has 3 N–H and O–H groups in total. The third-order valence-corrected chi connectivity index (χ3v) is 8.38. The molecule has 0 spiro atoms. The Balaban J connectivity index is 1.24. The second kappa shape index (κ2) is 12.4. The molecule has 1 amide bonds. The molecule has 9 heteroatoms. The Labute approximate surface area is 260 Å². The monoisotopic (exact) mass is 596 g/mol. The van der Waals surface area contributed by atoms with Gasteiger partial charge in [-0.2, -0.15) is 0 Å². The highest BCUT2D eigenvalue weighted by Crippen LogP contribution is 2.40. The van der Waals surface area contributed by atoms with E-state index in [2.05, 4.69) is 62.0 Å². The van der Waals surface area contributed by atoms with Gasteiger partial charge < -0.3 is 15.2 Å². The van der Waals surface area contributed by atoms with Crippen LogP contribution in [-0.2, 0) is 10.3 Å². The summed E-state index contributed by atoms with van der Waals surface area (Å²) in [5.74, 6) is 0.0289. The maximum Gasteiger partial charge on any atom is 0.256 e. The molecule has 45 heavy (non-hydrogen) atoms. The molecule has 0 unspecified atom stereocenters. The fourth-order valence-electron chi connectivity index (χ4n) is 6.24. The first-order valence-electron chi connectivity index (χ1n) is 14.9. The lowest BCUT2D eigenvalue weighted by atomic mass is 9.76. The third kappa shape index (κ3) is 5.38. The number of carbonyl (C=O) groups excluding carboxylic acids is 1. The Hall–Kier alpha value is -5.22. The lowest BCUT2D eigenvalue weighted by Crippen LogP contribution is -2.53. The number of amides is 1. The summed E-state index contributed by atoms with van der Waals surface area (Å²) < 4.78 is 8.32. The molecule has 224 valence electrons. The third-order valence-electron chi connectivity index (χ3n) is 8.38. The largest absolute Gasteiger partial charge is 0.394 e. The standard InChI is InChI=1S/C36H32N6O3/c43-22-30-29(41-36(26-15-7-2-8-16-26,27-17-9-3-10-18-27)28-19-11-4-12-20-28)21-31(45-30)42-24-39-32-33(37-23-38-34(32)42)40-35(44)25-13-5-1-6-14-25/h1-20,23-24,29-31,41,43H,21-22H2,(H,37,38,40,44)/t29-,30+,31+/m0/s1. The van der Waals surface area contributed by atoms with Crippen molar-refractivity contribution in [2.45, 2.75) is 30.3 Å². The molecule has 3 heterocycles. The Morgan fingerprint density at radius 2 is 1.36 bits per heavy atom. The van der Waals surface area contributed by atoms with Crippen molar-refractivity contribution in [3.05, 3.63) is 156 Å². The number of carbonyl (C=O) groups is 1. The molecule has 1 fully saturated rings. The number of ether oxygens (including phenoxy) is 1. The summed E-state index contributed by atoms with van der Waals surface area (Å²) in [7, 11) is 0. The SMILES string of the molecule is O=C(Nc1ncnc2c1ncn2[C@H]1C[C@H](NC(c2ccccc2)(c2ccccc2)c2ccccc2)[C@@H](CO)O1)c1ccccc1. The first kappa shape index (κ1) is 28.5. The summed E-state index contributed by atoms with van der Waals surface area (Å²) in [4.78, 5) is 26.2. The van der Waals surface area contributed by atoms with Crippen LogP contribution in [0.5, 0.6) is 0 Å². The van der Waals surface area contributed by atoms with E-state index >= 15 is 0 Å². The van der Waals surface area contributed by atoms with Gasteiger partial charge in [0.1, 0.15) is 12.6 Å². The maximum atomic E-state index is 12.9. The number of aliphatic hydroxyl groups excluding tert-OH is 1. The Kier molecular flexibility index (Phi) is 7.87. The van der Waals surface area contributed by atoms with Gasteiger partial charge in [0.2, 0.25) is 0 Å². The van der Waals surface area contributed by atoms with E-state index in [1.54, 1.807) is 30.6 Å². The number of fused-ring (bicyclic) bond motifs is 1. The van der Waals surface area contributed by atoms with E-state index in [1.165, 1.54) is 6.33 Å². The second-order valence-electron chi connectivity index (χ2n) is 11.0. The molecule has 7 rings (SSSR count). The quantitative estimate of drug-likeness (QED) is 0.194. The average molecular weight is 597 g/mol. The normalized spacial score (nSPS) is 18.2. The van der Waals surface area contributed by atoms with Crippen molar-refractivity contribution in [3.63, 3.8) is 0 Å². The van der Waals surface area contributed by atoms with E-state index in [4.69, 9.17) is 4.74 Å². The van der Waals surface area contributed by atoms with Gasteiger partial charge in [-0.3, -0.25) is 14.7 Å². The molecular weight excluding hydrogens is 564 g/mol. The first-order chi connectivity index (χ1) is 22.2. The molecule has 0 bridgehead atoms. The van der Waals surface area contributed by atoms with Crippen LogP contribution in [0.1, 0.15) is 39.7 Å². The molecule has 1 aliphatic heterocycles. The van der Waals surface area contributed by atoms with Crippen LogP contribution in [0.3, 0.4) is 0 Å². The number of benzene rings is 4. The van der Waals surface area contributed by atoms with Crippen LogP contribution >= 0.6 is 0 Å². The van der Waals surface area contributed by atoms with Gasteiger partial charge in [0.15, 0.2) is 17.0 Å². The first-order valence-corrected chi connectivity index (χ1v) is 14.9. The molecule has 6 aromatic rings. The summed E-state index contributed by atoms with van der Waals surface area (Å²) in [6.07, 6.45) is 2.60.